The number of benzene rings is 1. The van der Waals surface area contributed by atoms with Gasteiger partial charge in [-0.15, -0.1) is 24.0 Å². The molecule has 1 aromatic carbocycles. The fraction of sp³-hybridized carbons (Fsp3) is 0.368. The van der Waals surface area contributed by atoms with E-state index in [9.17, 15) is 8.78 Å². The number of halogens is 3. The van der Waals surface area contributed by atoms with Crippen molar-refractivity contribution in [2.75, 3.05) is 25.0 Å². The molecule has 0 aliphatic rings. The largest absolute Gasteiger partial charge is 0.434 e. The number of hydrogen-bond donors (Lipinski definition) is 3. The number of anilines is 1. The third-order valence-electron chi connectivity index (χ3n) is 4.18. The van der Waals surface area contributed by atoms with Gasteiger partial charge in [0.05, 0.1) is 18.1 Å². The molecule has 0 saturated carbocycles. The van der Waals surface area contributed by atoms with Crippen LogP contribution in [-0.2, 0) is 13.6 Å². The van der Waals surface area contributed by atoms with Crippen molar-refractivity contribution in [3.8, 4) is 5.75 Å². The summed E-state index contributed by atoms with van der Waals surface area (Å²) in [5.74, 6) is 1.40. The highest BCUT2D eigenvalue weighted by atomic mass is 127. The van der Waals surface area contributed by atoms with Gasteiger partial charge in [-0.2, -0.15) is 13.9 Å². The maximum Gasteiger partial charge on any atom is 0.387 e. The Hall–Kier alpha value is -2.77. The Morgan fingerprint density at radius 3 is 2.77 bits per heavy atom. The molecule has 0 spiro atoms. The first-order valence-corrected chi connectivity index (χ1v) is 9.50. The highest BCUT2D eigenvalue weighted by Crippen LogP contribution is 2.21. The number of aryl methyl sites for hydroxylation is 1. The first-order chi connectivity index (χ1) is 14.6. The van der Waals surface area contributed by atoms with Crippen LogP contribution in [0.5, 0.6) is 5.75 Å². The highest BCUT2D eigenvalue weighted by Gasteiger charge is 2.09. The summed E-state index contributed by atoms with van der Waals surface area (Å²) < 4.78 is 31.4. The Kier molecular flexibility index (Phi) is 9.62. The van der Waals surface area contributed by atoms with Gasteiger partial charge >= 0.3 is 6.61 Å². The fourth-order valence-electron chi connectivity index (χ4n) is 2.82. The van der Waals surface area contributed by atoms with Crippen molar-refractivity contribution in [3.63, 3.8) is 0 Å². The lowest BCUT2D eigenvalue weighted by Crippen LogP contribution is -2.39. The van der Waals surface area contributed by atoms with E-state index in [2.05, 4.69) is 40.7 Å². The van der Waals surface area contributed by atoms with Crippen LogP contribution < -0.4 is 20.7 Å². The Balaban J connectivity index is 0.00000341. The van der Waals surface area contributed by atoms with E-state index in [0.717, 1.165) is 11.0 Å². The van der Waals surface area contributed by atoms with Gasteiger partial charge < -0.3 is 20.7 Å². The van der Waals surface area contributed by atoms with Crippen LogP contribution in [0.25, 0.3) is 11.0 Å². The van der Waals surface area contributed by atoms with Crippen molar-refractivity contribution >= 4 is 46.8 Å². The second-order valence-electron chi connectivity index (χ2n) is 6.26. The molecular formula is C19H25F2IN8O. The molecule has 31 heavy (non-hydrogen) atoms. The first-order valence-electron chi connectivity index (χ1n) is 9.50. The molecule has 0 bridgehead atoms. The molecule has 12 heteroatoms. The average Bonchev–Trinajstić information content (AvgIpc) is 3.11. The number of guanidine groups is 1. The molecule has 2 heterocycles. The van der Waals surface area contributed by atoms with Crippen LogP contribution in [0.2, 0.25) is 0 Å². The standard InChI is InChI=1S/C19H24F2N8O.HI/c1-3-22-19(25-10-13-6-4-5-7-15(13)30-18(20)21)24-9-8-23-16-14-11-28-29(2)17(14)27-12-26-16;/h4-7,11-12,18H,3,8-10H2,1-2H3,(H2,22,24,25)(H,23,26,27);1H. The van der Waals surface area contributed by atoms with Gasteiger partial charge in [0, 0.05) is 32.2 Å². The number of aromatic nitrogens is 4. The number of nitrogens with zero attached hydrogens (tertiary/aromatic N) is 5. The minimum atomic E-state index is -2.87. The molecule has 0 atom stereocenters. The van der Waals surface area contributed by atoms with E-state index in [4.69, 9.17) is 0 Å². The summed E-state index contributed by atoms with van der Waals surface area (Å²) >= 11 is 0. The SMILES string of the molecule is CCNC(=NCc1ccccc1OC(F)F)NCCNc1ncnc2c1cnn2C.I. The number of rotatable bonds is 9. The zero-order valence-electron chi connectivity index (χ0n) is 17.2. The van der Waals surface area contributed by atoms with Gasteiger partial charge in [0.1, 0.15) is 17.9 Å². The lowest BCUT2D eigenvalue weighted by atomic mass is 10.2. The fourth-order valence-corrected chi connectivity index (χ4v) is 2.82. The van der Waals surface area contributed by atoms with Gasteiger partial charge in [-0.05, 0) is 13.0 Å². The van der Waals surface area contributed by atoms with Crippen molar-refractivity contribution in [2.24, 2.45) is 12.0 Å². The molecule has 0 aliphatic heterocycles. The quantitative estimate of drug-likeness (QED) is 0.164. The first kappa shape index (κ1) is 24.5. The zero-order chi connectivity index (χ0) is 21.3. The number of ether oxygens (including phenoxy) is 1. The summed E-state index contributed by atoms with van der Waals surface area (Å²) in [7, 11) is 1.82. The van der Waals surface area contributed by atoms with Gasteiger partial charge in [0.25, 0.3) is 0 Å². The number of alkyl halides is 2. The Morgan fingerprint density at radius 2 is 2.00 bits per heavy atom. The van der Waals surface area contributed by atoms with Crippen LogP contribution >= 0.6 is 24.0 Å². The maximum absolute atomic E-state index is 12.6. The lowest BCUT2D eigenvalue weighted by Gasteiger charge is -2.13. The van der Waals surface area contributed by atoms with Crippen molar-refractivity contribution in [3.05, 3.63) is 42.4 Å². The molecule has 0 aliphatic carbocycles. The van der Waals surface area contributed by atoms with Crippen molar-refractivity contribution < 1.29 is 13.5 Å². The molecule has 9 nitrogen and oxygen atoms in total. The van der Waals surface area contributed by atoms with Gasteiger partial charge in [-0.3, -0.25) is 4.68 Å². The second kappa shape index (κ2) is 12.2. The minimum Gasteiger partial charge on any atom is -0.434 e. The lowest BCUT2D eigenvalue weighted by molar-refractivity contribution is -0.0504. The molecule has 0 fully saturated rings. The van der Waals surface area contributed by atoms with Crippen LogP contribution in [0, 0.1) is 0 Å². The predicted octanol–water partition coefficient (Wildman–Crippen LogP) is 2.75. The number of fused-ring (bicyclic) bond motifs is 1. The molecular weight excluding hydrogens is 521 g/mol. The van der Waals surface area contributed by atoms with Crippen molar-refractivity contribution in [1.82, 2.24) is 30.4 Å². The molecule has 3 aromatic rings. The molecule has 3 N–H and O–H groups in total. The summed E-state index contributed by atoms with van der Waals surface area (Å²) in [5, 5.41) is 14.6. The molecule has 0 radical (unpaired) electrons. The highest BCUT2D eigenvalue weighted by molar-refractivity contribution is 14.0. The maximum atomic E-state index is 12.6. The Bertz CT molecular complexity index is 998. The monoisotopic (exact) mass is 546 g/mol. The van der Waals surface area contributed by atoms with Crippen LogP contribution in [-0.4, -0.2) is 52.0 Å². The van der Waals surface area contributed by atoms with Crippen LogP contribution in [0.3, 0.4) is 0 Å². The van der Waals surface area contributed by atoms with E-state index >= 15 is 0 Å². The third kappa shape index (κ3) is 6.87. The summed E-state index contributed by atoms with van der Waals surface area (Å²) in [5.41, 5.74) is 1.33. The van der Waals surface area contributed by atoms with Crippen LogP contribution in [0.15, 0.2) is 41.8 Å². The molecule has 168 valence electrons. The van der Waals surface area contributed by atoms with Gasteiger partial charge in [-0.25, -0.2) is 15.0 Å². The number of aliphatic imine (C=N–C) groups is 1. The molecule has 0 unspecified atom stereocenters. The predicted molar refractivity (Wildman–Crippen MR) is 126 cm³/mol. The number of nitrogens with one attached hydrogen (secondary N) is 3. The number of hydrogen-bond acceptors (Lipinski definition) is 6. The van der Waals surface area contributed by atoms with Gasteiger partial charge in [0.2, 0.25) is 0 Å². The normalized spacial score (nSPS) is 11.3. The van der Waals surface area contributed by atoms with Crippen molar-refractivity contribution in [2.45, 2.75) is 20.1 Å². The van der Waals surface area contributed by atoms with E-state index < -0.39 is 6.61 Å². The summed E-state index contributed by atoms with van der Waals surface area (Å²) in [6.45, 7) is 1.08. The molecule has 0 amide bonds. The smallest absolute Gasteiger partial charge is 0.387 e. The Labute approximate surface area is 195 Å². The summed E-state index contributed by atoms with van der Waals surface area (Å²) in [6, 6.07) is 6.61. The second-order valence-corrected chi connectivity index (χ2v) is 6.26. The zero-order valence-corrected chi connectivity index (χ0v) is 19.5. The van der Waals surface area contributed by atoms with E-state index in [-0.39, 0.29) is 36.3 Å². The minimum absolute atomic E-state index is 0. The number of para-hydroxylation sites is 1. The molecule has 3 rings (SSSR count). The molecule has 2 aromatic heterocycles. The van der Waals surface area contributed by atoms with Gasteiger partial charge in [0.15, 0.2) is 11.6 Å². The topological polar surface area (TPSA) is 101 Å². The third-order valence-corrected chi connectivity index (χ3v) is 4.18. The van der Waals surface area contributed by atoms with Crippen LogP contribution in [0.1, 0.15) is 12.5 Å². The van der Waals surface area contributed by atoms with E-state index in [0.29, 0.717) is 37.0 Å². The van der Waals surface area contributed by atoms with E-state index in [1.54, 1.807) is 29.1 Å². The van der Waals surface area contributed by atoms with E-state index in [1.165, 1.54) is 12.4 Å². The Morgan fingerprint density at radius 1 is 1.19 bits per heavy atom. The summed E-state index contributed by atoms with van der Waals surface area (Å²) in [4.78, 5) is 12.9. The van der Waals surface area contributed by atoms with E-state index in [1.807, 2.05) is 14.0 Å². The summed E-state index contributed by atoms with van der Waals surface area (Å²) in [6.07, 6.45) is 3.21. The van der Waals surface area contributed by atoms with Crippen molar-refractivity contribution in [1.29, 1.82) is 0 Å². The van der Waals surface area contributed by atoms with Gasteiger partial charge in [-0.1, -0.05) is 18.2 Å². The average molecular weight is 546 g/mol. The van der Waals surface area contributed by atoms with Crippen LogP contribution in [0.4, 0.5) is 14.6 Å². The molecule has 0 saturated heterocycles.